The zero-order chi connectivity index (χ0) is 11.5. The maximum Gasteiger partial charge on any atom is 0.109 e. The highest BCUT2D eigenvalue weighted by Gasteiger charge is 2.28. The molecule has 4 heteroatoms. The second-order valence-corrected chi connectivity index (χ2v) is 7.41. The normalized spacial score (nSPS) is 29.2. The van der Waals surface area contributed by atoms with Gasteiger partial charge in [-0.05, 0) is 27.2 Å². The topological polar surface area (TPSA) is 38.4 Å². The van der Waals surface area contributed by atoms with E-state index in [-0.39, 0.29) is 5.54 Å². The molecule has 1 fully saturated rings. The highest BCUT2D eigenvalue weighted by molar-refractivity contribution is 8.07. The van der Waals surface area contributed by atoms with Crippen molar-refractivity contribution in [3.63, 3.8) is 0 Å². The second-order valence-electron chi connectivity index (χ2n) is 4.82. The van der Waals surface area contributed by atoms with Crippen LogP contribution < -0.4 is 5.73 Å². The van der Waals surface area contributed by atoms with Gasteiger partial charge in [-0.2, -0.15) is 11.8 Å². The van der Waals surface area contributed by atoms with Gasteiger partial charge in [0, 0.05) is 16.8 Å². The van der Waals surface area contributed by atoms with Crippen molar-refractivity contribution in [3.8, 4) is 0 Å². The zero-order valence-electron chi connectivity index (χ0n) is 10.1. The van der Waals surface area contributed by atoms with Crippen molar-refractivity contribution in [1.29, 1.82) is 0 Å². The molecule has 15 heavy (non-hydrogen) atoms. The van der Waals surface area contributed by atoms with E-state index >= 15 is 0 Å². The second kappa shape index (κ2) is 5.48. The largest absolute Gasteiger partial charge is 0.386 e. The number of nitrogens with two attached hydrogens (primary N) is 1. The lowest BCUT2D eigenvalue weighted by molar-refractivity contribution is 0.580. The molecule has 1 heterocycles. The summed E-state index contributed by atoms with van der Waals surface area (Å²) >= 11 is 4.01. The summed E-state index contributed by atoms with van der Waals surface area (Å²) in [5.74, 6) is 3.29. The highest BCUT2D eigenvalue weighted by atomic mass is 32.2. The van der Waals surface area contributed by atoms with E-state index < -0.39 is 0 Å². The number of rotatable bonds is 2. The molecule has 0 aromatic carbocycles. The fraction of sp³-hybridized carbons (Fsp3) is 0.909. The molecule has 88 valence electrons. The summed E-state index contributed by atoms with van der Waals surface area (Å²) < 4.78 is 0. The predicted octanol–water partition coefficient (Wildman–Crippen LogP) is 2.77. The minimum absolute atomic E-state index is 0.0505. The Morgan fingerprint density at radius 3 is 2.47 bits per heavy atom. The molecule has 0 bridgehead atoms. The third kappa shape index (κ3) is 4.27. The van der Waals surface area contributed by atoms with E-state index in [2.05, 4.69) is 32.7 Å². The molecule has 2 unspecified atom stereocenters. The number of hydrogen-bond donors (Lipinski definition) is 1. The molecular weight excluding hydrogens is 224 g/mol. The van der Waals surface area contributed by atoms with Crippen molar-refractivity contribution in [2.24, 2.45) is 10.7 Å². The number of aliphatic imine (C=N–C) groups is 1. The van der Waals surface area contributed by atoms with Gasteiger partial charge in [0.2, 0.25) is 0 Å². The average Bonchev–Trinajstić information content (AvgIpc) is 2.15. The highest BCUT2D eigenvalue weighted by Crippen LogP contribution is 2.33. The van der Waals surface area contributed by atoms with Gasteiger partial charge in [-0.1, -0.05) is 6.92 Å². The maximum atomic E-state index is 6.12. The Balaban J connectivity index is 2.71. The average molecular weight is 246 g/mol. The summed E-state index contributed by atoms with van der Waals surface area (Å²) in [5.41, 5.74) is 6.07. The molecular formula is C11H22N2S2. The first-order valence-electron chi connectivity index (χ1n) is 5.52. The molecule has 2 nitrogen and oxygen atoms in total. The molecule has 0 aromatic rings. The molecule has 1 aliphatic heterocycles. The van der Waals surface area contributed by atoms with Crippen LogP contribution in [0.25, 0.3) is 0 Å². The van der Waals surface area contributed by atoms with Crippen LogP contribution >= 0.6 is 23.5 Å². The number of thioether (sulfide) groups is 2. The Morgan fingerprint density at radius 2 is 1.93 bits per heavy atom. The van der Waals surface area contributed by atoms with Crippen LogP contribution in [-0.2, 0) is 0 Å². The molecule has 0 aliphatic carbocycles. The van der Waals surface area contributed by atoms with Crippen LogP contribution in [0.1, 0.15) is 34.1 Å². The van der Waals surface area contributed by atoms with E-state index in [4.69, 9.17) is 5.73 Å². The van der Waals surface area contributed by atoms with Gasteiger partial charge in [0.15, 0.2) is 0 Å². The summed E-state index contributed by atoms with van der Waals surface area (Å²) in [6.45, 7) is 8.53. The molecule has 0 radical (unpaired) electrons. The fourth-order valence-electron chi connectivity index (χ4n) is 1.63. The van der Waals surface area contributed by atoms with Crippen molar-refractivity contribution >= 4 is 29.4 Å². The fourth-order valence-corrected chi connectivity index (χ4v) is 4.61. The van der Waals surface area contributed by atoms with Gasteiger partial charge >= 0.3 is 0 Å². The molecule has 0 aromatic heterocycles. The lowest BCUT2D eigenvalue weighted by atomic mass is 10.1. The van der Waals surface area contributed by atoms with Gasteiger partial charge in [-0.15, -0.1) is 11.8 Å². The van der Waals surface area contributed by atoms with Gasteiger partial charge in [0.05, 0.1) is 10.8 Å². The number of hydrogen-bond acceptors (Lipinski definition) is 3. The first-order chi connectivity index (χ1) is 6.94. The monoisotopic (exact) mass is 246 g/mol. The van der Waals surface area contributed by atoms with Gasteiger partial charge in [0.25, 0.3) is 0 Å². The minimum atomic E-state index is -0.0505. The number of nitrogens with zero attached hydrogens (tertiary/aromatic N) is 1. The molecule has 1 saturated heterocycles. The van der Waals surface area contributed by atoms with Crippen LogP contribution in [-0.4, -0.2) is 33.4 Å². The Labute approximate surface area is 102 Å². The SMILES string of the molecule is CCC1SCCSC1C(N)=NC(C)(C)C. The predicted molar refractivity (Wildman–Crippen MR) is 74.2 cm³/mol. The quantitative estimate of drug-likeness (QED) is 0.601. The van der Waals surface area contributed by atoms with Crippen LogP contribution in [0.15, 0.2) is 4.99 Å². The van der Waals surface area contributed by atoms with Crippen molar-refractivity contribution in [3.05, 3.63) is 0 Å². The summed E-state index contributed by atoms with van der Waals surface area (Å²) in [4.78, 5) is 4.59. The van der Waals surface area contributed by atoms with Gasteiger partial charge in [-0.3, -0.25) is 4.99 Å². The van der Waals surface area contributed by atoms with Crippen LogP contribution in [0.3, 0.4) is 0 Å². The Bertz CT molecular complexity index is 233. The summed E-state index contributed by atoms with van der Waals surface area (Å²) in [6, 6.07) is 0. The van der Waals surface area contributed by atoms with Crippen LogP contribution in [0.4, 0.5) is 0 Å². The van der Waals surface area contributed by atoms with Crippen molar-refractivity contribution in [2.75, 3.05) is 11.5 Å². The molecule has 0 amide bonds. The Hall–Kier alpha value is 0.170. The maximum absolute atomic E-state index is 6.12. The van der Waals surface area contributed by atoms with Crippen molar-refractivity contribution < 1.29 is 0 Å². The lowest BCUT2D eigenvalue weighted by Gasteiger charge is -2.30. The van der Waals surface area contributed by atoms with E-state index in [1.54, 1.807) is 0 Å². The number of amidine groups is 1. The summed E-state index contributed by atoms with van der Waals surface area (Å²) in [7, 11) is 0. The zero-order valence-corrected chi connectivity index (χ0v) is 11.8. The Morgan fingerprint density at radius 1 is 1.33 bits per heavy atom. The molecule has 1 rings (SSSR count). The molecule has 0 saturated carbocycles. The lowest BCUT2D eigenvalue weighted by Crippen LogP contribution is -2.39. The van der Waals surface area contributed by atoms with Gasteiger partial charge < -0.3 is 5.73 Å². The molecule has 0 spiro atoms. The van der Waals surface area contributed by atoms with Crippen molar-refractivity contribution in [1.82, 2.24) is 0 Å². The molecule has 1 aliphatic rings. The van der Waals surface area contributed by atoms with Crippen LogP contribution in [0.2, 0.25) is 0 Å². The summed E-state index contributed by atoms with van der Waals surface area (Å²) in [5, 5.41) is 1.07. The third-order valence-electron chi connectivity index (χ3n) is 2.21. The third-order valence-corrected chi connectivity index (χ3v) is 5.48. The van der Waals surface area contributed by atoms with Gasteiger partial charge in [0.1, 0.15) is 5.84 Å². The smallest absolute Gasteiger partial charge is 0.109 e. The Kier molecular flexibility index (Phi) is 4.84. The van der Waals surface area contributed by atoms with E-state index in [0.29, 0.717) is 10.5 Å². The standard InChI is InChI=1S/C11H22N2S2/c1-5-8-9(15-7-6-14-8)10(12)13-11(2,3)4/h8-9H,5-7H2,1-4H3,(H2,12,13). The van der Waals surface area contributed by atoms with Crippen LogP contribution in [0.5, 0.6) is 0 Å². The van der Waals surface area contributed by atoms with E-state index in [1.807, 2.05) is 23.5 Å². The summed E-state index contributed by atoms with van der Waals surface area (Å²) in [6.07, 6.45) is 1.18. The van der Waals surface area contributed by atoms with E-state index in [0.717, 1.165) is 5.84 Å². The minimum Gasteiger partial charge on any atom is -0.386 e. The van der Waals surface area contributed by atoms with E-state index in [1.165, 1.54) is 17.9 Å². The molecule has 2 atom stereocenters. The van der Waals surface area contributed by atoms with Gasteiger partial charge in [-0.25, -0.2) is 0 Å². The van der Waals surface area contributed by atoms with E-state index in [9.17, 15) is 0 Å². The van der Waals surface area contributed by atoms with Crippen molar-refractivity contribution in [2.45, 2.75) is 50.2 Å². The first kappa shape index (κ1) is 13.2. The molecule has 2 N–H and O–H groups in total. The first-order valence-corrected chi connectivity index (χ1v) is 7.62. The van der Waals surface area contributed by atoms with Crippen LogP contribution in [0, 0.1) is 0 Å².